The molecule has 4 amide bonds. The van der Waals surface area contributed by atoms with E-state index in [4.69, 9.17) is 16.7 Å². The highest BCUT2D eigenvalue weighted by Crippen LogP contribution is 2.22. The first-order valence-electron chi connectivity index (χ1n) is 12.3. The summed E-state index contributed by atoms with van der Waals surface area (Å²) in [5.41, 5.74) is -0.467. The average Bonchev–Trinajstić information content (AvgIpc) is 3.33. The molecule has 0 saturated carbocycles. The summed E-state index contributed by atoms with van der Waals surface area (Å²) in [6, 6.07) is 4.55. The third-order valence-electron chi connectivity index (χ3n) is 6.94. The van der Waals surface area contributed by atoms with Crippen LogP contribution >= 0.6 is 11.6 Å². The summed E-state index contributed by atoms with van der Waals surface area (Å²) in [6.45, 7) is 3.77. The molecular formula is C25H35ClN4O5. The number of unbranched alkanes of at least 4 members (excludes halogenated alkanes) is 1. The Morgan fingerprint density at radius 1 is 1.06 bits per heavy atom. The van der Waals surface area contributed by atoms with Gasteiger partial charge in [0.15, 0.2) is 0 Å². The lowest BCUT2D eigenvalue weighted by atomic mass is 9.94. The number of carbonyl (C=O) groups is 4. The van der Waals surface area contributed by atoms with Crippen molar-refractivity contribution in [2.75, 3.05) is 13.2 Å². The Balaban J connectivity index is 1.94. The standard InChI is InChI=1S/C25H35ClN4O5/c1-3-25(2)24(35)28-19(15-16-9-11-17(26)12-10-16)23(34)30-13-6-8-20(30)22(33)27-18(21(32)29-25)7-4-5-14-31/h9-12,18-20,31H,3-8,13-15H2,1-2H3,(H,27,33)(H,28,35)(H,29,32)/t18-,19-,20+,25-/m0/s1. The molecule has 0 unspecified atom stereocenters. The van der Waals surface area contributed by atoms with Crippen LogP contribution in [0.15, 0.2) is 24.3 Å². The van der Waals surface area contributed by atoms with Crippen LogP contribution in [0.25, 0.3) is 0 Å². The van der Waals surface area contributed by atoms with Crippen LogP contribution in [-0.2, 0) is 25.6 Å². The number of aliphatic hydroxyl groups is 1. The Hall–Kier alpha value is -2.65. The Labute approximate surface area is 211 Å². The second-order valence-electron chi connectivity index (χ2n) is 9.50. The van der Waals surface area contributed by atoms with Gasteiger partial charge in [0, 0.05) is 24.6 Å². The van der Waals surface area contributed by atoms with Crippen LogP contribution in [0.2, 0.25) is 5.02 Å². The van der Waals surface area contributed by atoms with Crippen molar-refractivity contribution in [3.05, 3.63) is 34.9 Å². The van der Waals surface area contributed by atoms with Gasteiger partial charge in [0.25, 0.3) is 0 Å². The molecule has 0 aliphatic carbocycles. The van der Waals surface area contributed by atoms with E-state index in [1.807, 2.05) is 0 Å². The van der Waals surface area contributed by atoms with E-state index in [9.17, 15) is 19.2 Å². The first-order valence-corrected chi connectivity index (χ1v) is 12.7. The molecule has 2 fully saturated rings. The zero-order valence-electron chi connectivity index (χ0n) is 20.3. The molecule has 0 bridgehead atoms. The zero-order chi connectivity index (χ0) is 25.6. The molecule has 35 heavy (non-hydrogen) atoms. The topological polar surface area (TPSA) is 128 Å². The fourth-order valence-corrected chi connectivity index (χ4v) is 4.66. The first-order chi connectivity index (χ1) is 16.7. The first kappa shape index (κ1) is 26.9. The largest absolute Gasteiger partial charge is 0.396 e. The van der Waals surface area contributed by atoms with Gasteiger partial charge in [0.2, 0.25) is 23.6 Å². The Morgan fingerprint density at radius 3 is 2.43 bits per heavy atom. The molecule has 2 aliphatic rings. The SMILES string of the molecule is CC[C@]1(C)NC(=O)[C@H](CCCCO)NC(=O)[C@H]2CCCN2C(=O)[C@H](Cc2ccc(Cl)cc2)NC1=O. The van der Waals surface area contributed by atoms with Gasteiger partial charge < -0.3 is 26.0 Å². The van der Waals surface area contributed by atoms with E-state index in [-0.39, 0.29) is 31.3 Å². The monoisotopic (exact) mass is 506 g/mol. The summed E-state index contributed by atoms with van der Waals surface area (Å²) < 4.78 is 0. The molecule has 0 radical (unpaired) electrons. The van der Waals surface area contributed by atoms with E-state index in [1.54, 1.807) is 38.1 Å². The smallest absolute Gasteiger partial charge is 0.246 e. The zero-order valence-corrected chi connectivity index (χ0v) is 21.1. The molecule has 1 aromatic rings. The number of rotatable bonds is 7. The normalized spacial score (nSPS) is 27.9. The molecule has 2 aliphatic heterocycles. The van der Waals surface area contributed by atoms with E-state index in [0.717, 1.165) is 5.56 Å². The molecule has 4 N–H and O–H groups in total. The maximum absolute atomic E-state index is 13.7. The van der Waals surface area contributed by atoms with Crippen LogP contribution in [0.4, 0.5) is 0 Å². The van der Waals surface area contributed by atoms with Crippen molar-refractivity contribution in [3.63, 3.8) is 0 Å². The molecule has 9 nitrogen and oxygen atoms in total. The van der Waals surface area contributed by atoms with E-state index in [0.29, 0.717) is 43.7 Å². The Kier molecular flexibility index (Phi) is 9.13. The average molecular weight is 507 g/mol. The number of hydrogen-bond acceptors (Lipinski definition) is 5. The predicted octanol–water partition coefficient (Wildman–Crippen LogP) is 1.30. The van der Waals surface area contributed by atoms with Crippen molar-refractivity contribution in [3.8, 4) is 0 Å². The van der Waals surface area contributed by atoms with Crippen molar-refractivity contribution >= 4 is 35.2 Å². The second kappa shape index (κ2) is 11.9. The Bertz CT molecular complexity index is 940. The van der Waals surface area contributed by atoms with Gasteiger partial charge in [-0.2, -0.15) is 0 Å². The molecule has 10 heteroatoms. The number of carbonyl (C=O) groups excluding carboxylic acids is 4. The lowest BCUT2D eigenvalue weighted by Crippen LogP contribution is -2.65. The summed E-state index contributed by atoms with van der Waals surface area (Å²) in [7, 11) is 0. The van der Waals surface area contributed by atoms with Crippen LogP contribution in [0.5, 0.6) is 0 Å². The maximum Gasteiger partial charge on any atom is 0.246 e. The number of hydrogen-bond donors (Lipinski definition) is 4. The van der Waals surface area contributed by atoms with E-state index in [1.165, 1.54) is 4.90 Å². The Morgan fingerprint density at radius 2 is 1.77 bits per heavy atom. The van der Waals surface area contributed by atoms with E-state index in [2.05, 4.69) is 16.0 Å². The summed E-state index contributed by atoms with van der Waals surface area (Å²) in [5, 5.41) is 18.2. The van der Waals surface area contributed by atoms with Gasteiger partial charge in [-0.25, -0.2) is 0 Å². The fraction of sp³-hybridized carbons (Fsp3) is 0.600. The lowest BCUT2D eigenvalue weighted by Gasteiger charge is -2.36. The third kappa shape index (κ3) is 6.52. The van der Waals surface area contributed by atoms with Crippen LogP contribution in [-0.4, -0.2) is 70.5 Å². The number of nitrogens with zero attached hydrogens (tertiary/aromatic N) is 1. The summed E-state index contributed by atoms with van der Waals surface area (Å²) in [6.07, 6.45) is 2.99. The van der Waals surface area contributed by atoms with Crippen molar-refractivity contribution < 1.29 is 24.3 Å². The summed E-state index contributed by atoms with van der Waals surface area (Å²) >= 11 is 6.00. The summed E-state index contributed by atoms with van der Waals surface area (Å²) in [4.78, 5) is 55.0. The number of benzene rings is 1. The minimum atomic E-state index is -1.28. The fourth-order valence-electron chi connectivity index (χ4n) is 4.54. The van der Waals surface area contributed by atoms with Gasteiger partial charge in [0.1, 0.15) is 23.7 Å². The molecule has 2 saturated heterocycles. The molecule has 4 atom stereocenters. The minimum Gasteiger partial charge on any atom is -0.396 e. The number of nitrogens with one attached hydrogen (secondary N) is 3. The molecule has 0 aromatic heterocycles. The summed E-state index contributed by atoms with van der Waals surface area (Å²) in [5.74, 6) is -1.62. The highest BCUT2D eigenvalue weighted by atomic mass is 35.5. The van der Waals surface area contributed by atoms with Gasteiger partial charge in [-0.15, -0.1) is 0 Å². The molecule has 2 heterocycles. The number of aliphatic hydroxyl groups excluding tert-OH is 1. The number of halogens is 1. The predicted molar refractivity (Wildman–Crippen MR) is 132 cm³/mol. The quantitative estimate of drug-likeness (QED) is 0.414. The highest BCUT2D eigenvalue weighted by Gasteiger charge is 2.43. The van der Waals surface area contributed by atoms with Gasteiger partial charge in [-0.1, -0.05) is 30.7 Å². The highest BCUT2D eigenvalue weighted by molar-refractivity contribution is 6.30. The van der Waals surface area contributed by atoms with Gasteiger partial charge in [-0.05, 0) is 63.1 Å². The van der Waals surface area contributed by atoms with Gasteiger partial charge in [0.05, 0.1) is 0 Å². The molecular weight excluding hydrogens is 472 g/mol. The third-order valence-corrected chi connectivity index (χ3v) is 7.19. The molecule has 3 rings (SSSR count). The molecule has 192 valence electrons. The van der Waals surface area contributed by atoms with Crippen molar-refractivity contribution in [2.45, 2.75) is 82.5 Å². The molecule has 1 aromatic carbocycles. The van der Waals surface area contributed by atoms with Gasteiger partial charge >= 0.3 is 0 Å². The number of amides is 4. The molecule has 0 spiro atoms. The van der Waals surface area contributed by atoms with Crippen LogP contribution in [0.3, 0.4) is 0 Å². The lowest BCUT2D eigenvalue weighted by molar-refractivity contribution is -0.144. The number of fused-ring (bicyclic) bond motifs is 1. The second-order valence-corrected chi connectivity index (χ2v) is 9.94. The van der Waals surface area contributed by atoms with Gasteiger partial charge in [-0.3, -0.25) is 19.2 Å². The van der Waals surface area contributed by atoms with Crippen LogP contribution < -0.4 is 16.0 Å². The van der Waals surface area contributed by atoms with Crippen molar-refractivity contribution in [2.24, 2.45) is 0 Å². The maximum atomic E-state index is 13.7. The van der Waals surface area contributed by atoms with Crippen molar-refractivity contribution in [1.29, 1.82) is 0 Å². The van der Waals surface area contributed by atoms with Crippen LogP contribution in [0.1, 0.15) is 57.9 Å². The van der Waals surface area contributed by atoms with Crippen LogP contribution in [0, 0.1) is 0 Å². The van der Waals surface area contributed by atoms with E-state index < -0.39 is 35.5 Å². The minimum absolute atomic E-state index is 0.0166. The van der Waals surface area contributed by atoms with E-state index >= 15 is 0 Å². The van der Waals surface area contributed by atoms with Crippen molar-refractivity contribution in [1.82, 2.24) is 20.9 Å².